The van der Waals surface area contributed by atoms with Gasteiger partial charge in [0.05, 0.1) is 12.0 Å². The van der Waals surface area contributed by atoms with E-state index < -0.39 is 0 Å². The Morgan fingerprint density at radius 3 is 2.37 bits per heavy atom. The normalized spacial score (nSPS) is 18.3. The van der Waals surface area contributed by atoms with E-state index in [1.807, 2.05) is 30.3 Å². The molecular weight excluding hydrogens is 234 g/mol. The van der Waals surface area contributed by atoms with Crippen molar-refractivity contribution in [1.29, 1.82) is 5.26 Å². The van der Waals surface area contributed by atoms with Crippen molar-refractivity contribution in [2.75, 3.05) is 0 Å². The highest BCUT2D eigenvalue weighted by atomic mass is 16.1. The molecule has 2 heteroatoms. The average molecular weight is 255 g/mol. The van der Waals surface area contributed by atoms with Gasteiger partial charge in [0.25, 0.3) is 0 Å². The molecule has 1 atom stereocenters. The third-order valence-electron chi connectivity index (χ3n) is 4.10. The van der Waals surface area contributed by atoms with Gasteiger partial charge in [-0.05, 0) is 18.4 Å². The molecule has 0 spiro atoms. The summed E-state index contributed by atoms with van der Waals surface area (Å²) in [5, 5.41) is 9.00. The van der Waals surface area contributed by atoms with E-state index in [4.69, 9.17) is 5.26 Å². The molecule has 1 aromatic rings. The molecule has 0 aliphatic heterocycles. The lowest BCUT2D eigenvalue weighted by Crippen LogP contribution is -2.22. The molecule has 0 bridgehead atoms. The fraction of sp³-hybridized carbons (Fsp3) is 0.529. The number of benzene rings is 1. The van der Waals surface area contributed by atoms with Gasteiger partial charge in [-0.15, -0.1) is 0 Å². The summed E-state index contributed by atoms with van der Waals surface area (Å²) in [4.78, 5) is 12.7. The minimum absolute atomic E-state index is 0.168. The molecular formula is C17H21NO. The van der Waals surface area contributed by atoms with Crippen molar-refractivity contribution in [2.24, 2.45) is 5.92 Å². The van der Waals surface area contributed by atoms with Crippen molar-refractivity contribution in [3.63, 3.8) is 0 Å². The molecule has 19 heavy (non-hydrogen) atoms. The van der Waals surface area contributed by atoms with Gasteiger partial charge in [-0.1, -0.05) is 56.0 Å². The van der Waals surface area contributed by atoms with Crippen LogP contribution >= 0.6 is 0 Å². The number of hydrogen-bond donors (Lipinski definition) is 0. The molecule has 0 N–H and O–H groups in total. The lowest BCUT2D eigenvalue weighted by atomic mass is 9.82. The largest absolute Gasteiger partial charge is 0.299 e. The van der Waals surface area contributed by atoms with E-state index in [0.29, 0.717) is 6.42 Å². The summed E-state index contributed by atoms with van der Waals surface area (Å²) < 4.78 is 0. The van der Waals surface area contributed by atoms with E-state index in [2.05, 4.69) is 6.07 Å². The maximum atomic E-state index is 12.7. The molecule has 1 aliphatic rings. The molecule has 1 aliphatic carbocycles. The first-order valence-corrected chi connectivity index (χ1v) is 7.28. The van der Waals surface area contributed by atoms with Crippen molar-refractivity contribution >= 4 is 5.78 Å². The van der Waals surface area contributed by atoms with Crippen LogP contribution in [0.15, 0.2) is 30.3 Å². The van der Waals surface area contributed by atoms with Gasteiger partial charge < -0.3 is 0 Å². The molecule has 2 nitrogen and oxygen atoms in total. The zero-order valence-corrected chi connectivity index (χ0v) is 11.3. The van der Waals surface area contributed by atoms with Crippen molar-refractivity contribution < 1.29 is 4.79 Å². The van der Waals surface area contributed by atoms with Gasteiger partial charge >= 0.3 is 0 Å². The van der Waals surface area contributed by atoms with Gasteiger partial charge in [0, 0.05) is 12.3 Å². The standard InChI is InChI=1S/C17H21NO/c18-13-12-16(14-8-6-3-7-9-14)17(19)15-10-4-1-2-5-11-15/h3,6-9,15-16H,1-2,4-5,10-12H2. The van der Waals surface area contributed by atoms with E-state index in [1.54, 1.807) is 0 Å². The second-order valence-corrected chi connectivity index (χ2v) is 5.42. The number of hydrogen-bond acceptors (Lipinski definition) is 2. The first kappa shape index (κ1) is 13.8. The minimum Gasteiger partial charge on any atom is -0.299 e. The Kier molecular flexibility index (Phi) is 5.15. The lowest BCUT2D eigenvalue weighted by Gasteiger charge is -2.19. The average Bonchev–Trinajstić information content (AvgIpc) is 2.74. The van der Waals surface area contributed by atoms with Crippen molar-refractivity contribution in [3.05, 3.63) is 35.9 Å². The smallest absolute Gasteiger partial charge is 0.144 e. The van der Waals surface area contributed by atoms with Crippen LogP contribution in [0.25, 0.3) is 0 Å². The van der Waals surface area contributed by atoms with Crippen LogP contribution in [0.1, 0.15) is 56.4 Å². The van der Waals surface area contributed by atoms with Crippen LogP contribution in [0.3, 0.4) is 0 Å². The predicted octanol–water partition coefficient (Wildman–Crippen LogP) is 4.22. The van der Waals surface area contributed by atoms with Gasteiger partial charge in [0.1, 0.15) is 5.78 Å². The SMILES string of the molecule is N#CCC(C(=O)C1CCCCCC1)c1ccccc1. The number of nitrogens with zero attached hydrogens (tertiary/aromatic N) is 1. The third kappa shape index (κ3) is 3.67. The van der Waals surface area contributed by atoms with E-state index in [1.165, 1.54) is 12.8 Å². The maximum Gasteiger partial charge on any atom is 0.144 e. The first-order chi connectivity index (χ1) is 9.33. The van der Waals surface area contributed by atoms with Gasteiger partial charge in [-0.25, -0.2) is 0 Å². The molecule has 0 amide bonds. The third-order valence-corrected chi connectivity index (χ3v) is 4.10. The first-order valence-electron chi connectivity index (χ1n) is 7.28. The minimum atomic E-state index is -0.228. The summed E-state index contributed by atoms with van der Waals surface area (Å²) >= 11 is 0. The molecule has 0 radical (unpaired) electrons. The molecule has 100 valence electrons. The van der Waals surface area contributed by atoms with Crippen LogP contribution in [0.4, 0.5) is 0 Å². The molecule has 1 fully saturated rings. The number of carbonyl (C=O) groups excluding carboxylic acids is 1. The van der Waals surface area contributed by atoms with Crippen LogP contribution < -0.4 is 0 Å². The molecule has 1 saturated carbocycles. The zero-order chi connectivity index (χ0) is 13.5. The summed E-state index contributed by atoms with van der Waals surface area (Å²) in [7, 11) is 0. The highest BCUT2D eigenvalue weighted by molar-refractivity contribution is 5.88. The number of nitriles is 1. The van der Waals surface area contributed by atoms with Crippen LogP contribution in [0.2, 0.25) is 0 Å². The summed E-state index contributed by atoms with van der Waals surface area (Å²) in [6, 6.07) is 12.0. The molecule has 0 heterocycles. The van der Waals surface area contributed by atoms with Gasteiger partial charge in [0.15, 0.2) is 0 Å². The van der Waals surface area contributed by atoms with Gasteiger partial charge in [-0.3, -0.25) is 4.79 Å². The second-order valence-electron chi connectivity index (χ2n) is 5.42. The van der Waals surface area contributed by atoms with E-state index in [-0.39, 0.29) is 17.6 Å². The Labute approximate surface area is 115 Å². The van der Waals surface area contributed by atoms with Gasteiger partial charge in [0.2, 0.25) is 0 Å². The second kappa shape index (κ2) is 7.09. The van der Waals surface area contributed by atoms with Crippen molar-refractivity contribution in [3.8, 4) is 6.07 Å². The predicted molar refractivity (Wildman–Crippen MR) is 75.6 cm³/mol. The molecule has 0 saturated heterocycles. The van der Waals surface area contributed by atoms with Crippen molar-refractivity contribution in [2.45, 2.75) is 50.9 Å². The maximum absolute atomic E-state index is 12.7. The summed E-state index contributed by atoms with van der Waals surface area (Å²) in [6.07, 6.45) is 7.13. The Bertz CT molecular complexity index is 438. The zero-order valence-electron chi connectivity index (χ0n) is 11.3. The highest BCUT2D eigenvalue weighted by Crippen LogP contribution is 2.31. The highest BCUT2D eigenvalue weighted by Gasteiger charge is 2.28. The van der Waals surface area contributed by atoms with Gasteiger partial charge in [-0.2, -0.15) is 5.26 Å². The quantitative estimate of drug-likeness (QED) is 0.756. The van der Waals surface area contributed by atoms with Crippen LogP contribution in [-0.4, -0.2) is 5.78 Å². The summed E-state index contributed by atoms with van der Waals surface area (Å²) in [5.41, 5.74) is 0.998. The van der Waals surface area contributed by atoms with E-state index in [0.717, 1.165) is 31.2 Å². The number of ketones is 1. The van der Waals surface area contributed by atoms with Crippen molar-refractivity contribution in [1.82, 2.24) is 0 Å². The lowest BCUT2D eigenvalue weighted by molar-refractivity contribution is -0.124. The van der Waals surface area contributed by atoms with E-state index in [9.17, 15) is 4.79 Å². The van der Waals surface area contributed by atoms with Crippen LogP contribution in [0, 0.1) is 17.2 Å². The Balaban J connectivity index is 2.14. The Morgan fingerprint density at radius 1 is 1.16 bits per heavy atom. The number of carbonyl (C=O) groups is 1. The Morgan fingerprint density at radius 2 is 1.79 bits per heavy atom. The molecule has 2 rings (SSSR count). The fourth-order valence-corrected chi connectivity index (χ4v) is 3.01. The number of Topliss-reactive ketones (excluding diaryl/α,β-unsaturated/α-hetero) is 1. The molecule has 1 aromatic carbocycles. The Hall–Kier alpha value is -1.62. The monoisotopic (exact) mass is 255 g/mol. The molecule has 1 unspecified atom stereocenters. The van der Waals surface area contributed by atoms with Crippen LogP contribution in [0.5, 0.6) is 0 Å². The van der Waals surface area contributed by atoms with Crippen LogP contribution in [-0.2, 0) is 4.79 Å². The molecule has 0 aromatic heterocycles. The summed E-state index contributed by atoms with van der Waals surface area (Å²) in [5.74, 6) is 0.227. The fourth-order valence-electron chi connectivity index (χ4n) is 3.01. The summed E-state index contributed by atoms with van der Waals surface area (Å²) in [6.45, 7) is 0. The topological polar surface area (TPSA) is 40.9 Å². The number of rotatable bonds is 4. The van der Waals surface area contributed by atoms with E-state index >= 15 is 0 Å².